The maximum absolute atomic E-state index is 12.9. The molecule has 96 valence electrons. The van der Waals surface area contributed by atoms with Crippen molar-refractivity contribution in [3.63, 3.8) is 0 Å². The molecule has 0 aromatic heterocycles. The molecule has 1 amide bonds. The second-order valence-corrected chi connectivity index (χ2v) is 3.64. The Bertz CT molecular complexity index is 471. The van der Waals surface area contributed by atoms with E-state index in [9.17, 15) is 14.0 Å². The molecule has 1 atom stereocenters. The second kappa shape index (κ2) is 6.54. The van der Waals surface area contributed by atoms with Gasteiger partial charge in [0.15, 0.2) is 0 Å². The summed E-state index contributed by atoms with van der Waals surface area (Å²) in [4.78, 5) is 22.5. The quantitative estimate of drug-likeness (QED) is 0.652. The van der Waals surface area contributed by atoms with Crippen LogP contribution < -0.4 is 5.32 Å². The highest BCUT2D eigenvalue weighted by molar-refractivity contribution is 5.94. The molecule has 1 aromatic carbocycles. The lowest BCUT2D eigenvalue weighted by Gasteiger charge is -2.09. The number of carbonyl (C=O) groups is 2. The summed E-state index contributed by atoms with van der Waals surface area (Å²) < 4.78 is 17.3. The standard InChI is InChI=1S/C13H14FNO3/c1-9(13(17)18-2)15-12(16)7-6-10-4-3-5-11(14)8-10/h3-9H,1-2H3,(H,15,16). The van der Waals surface area contributed by atoms with Gasteiger partial charge in [-0.05, 0) is 30.7 Å². The van der Waals surface area contributed by atoms with Crippen LogP contribution in [-0.4, -0.2) is 25.0 Å². The van der Waals surface area contributed by atoms with E-state index in [-0.39, 0.29) is 5.82 Å². The van der Waals surface area contributed by atoms with Gasteiger partial charge in [-0.25, -0.2) is 9.18 Å². The zero-order valence-corrected chi connectivity index (χ0v) is 10.1. The van der Waals surface area contributed by atoms with Crippen molar-refractivity contribution in [1.29, 1.82) is 0 Å². The van der Waals surface area contributed by atoms with Crippen molar-refractivity contribution >= 4 is 18.0 Å². The number of carbonyl (C=O) groups excluding carboxylic acids is 2. The van der Waals surface area contributed by atoms with Crippen LogP contribution in [0.2, 0.25) is 0 Å². The molecule has 1 unspecified atom stereocenters. The van der Waals surface area contributed by atoms with Crippen molar-refractivity contribution in [3.8, 4) is 0 Å². The summed E-state index contributed by atoms with van der Waals surface area (Å²) in [5.41, 5.74) is 0.566. The van der Waals surface area contributed by atoms with E-state index in [0.29, 0.717) is 5.56 Å². The molecular formula is C13H14FNO3. The molecular weight excluding hydrogens is 237 g/mol. The van der Waals surface area contributed by atoms with Crippen LogP contribution in [0.1, 0.15) is 12.5 Å². The predicted molar refractivity (Wildman–Crippen MR) is 65.1 cm³/mol. The highest BCUT2D eigenvalue weighted by Gasteiger charge is 2.13. The number of hydrogen-bond donors (Lipinski definition) is 1. The number of ether oxygens (including phenoxy) is 1. The number of rotatable bonds is 4. The second-order valence-electron chi connectivity index (χ2n) is 3.64. The van der Waals surface area contributed by atoms with Crippen molar-refractivity contribution in [2.75, 3.05) is 7.11 Å². The van der Waals surface area contributed by atoms with Crippen LogP contribution in [-0.2, 0) is 14.3 Å². The Morgan fingerprint density at radius 1 is 1.44 bits per heavy atom. The largest absolute Gasteiger partial charge is 0.467 e. The molecule has 1 N–H and O–H groups in total. The zero-order chi connectivity index (χ0) is 13.5. The number of hydrogen-bond acceptors (Lipinski definition) is 3. The minimum atomic E-state index is -0.723. The van der Waals surface area contributed by atoms with Crippen LogP contribution in [0, 0.1) is 5.82 Å². The molecule has 0 aliphatic heterocycles. The fraction of sp³-hybridized carbons (Fsp3) is 0.231. The van der Waals surface area contributed by atoms with E-state index in [1.54, 1.807) is 12.1 Å². The lowest BCUT2D eigenvalue weighted by Crippen LogP contribution is -2.38. The monoisotopic (exact) mass is 251 g/mol. The minimum absolute atomic E-state index is 0.375. The highest BCUT2D eigenvalue weighted by Crippen LogP contribution is 2.05. The maximum Gasteiger partial charge on any atom is 0.328 e. The summed E-state index contributed by atoms with van der Waals surface area (Å²) in [7, 11) is 1.24. The number of halogens is 1. The first-order valence-corrected chi connectivity index (χ1v) is 5.35. The van der Waals surface area contributed by atoms with E-state index < -0.39 is 17.9 Å². The van der Waals surface area contributed by atoms with Gasteiger partial charge in [-0.15, -0.1) is 0 Å². The molecule has 4 nitrogen and oxygen atoms in total. The fourth-order valence-corrected chi connectivity index (χ4v) is 1.28. The Morgan fingerprint density at radius 2 is 2.17 bits per heavy atom. The van der Waals surface area contributed by atoms with Crippen LogP contribution in [0.3, 0.4) is 0 Å². The topological polar surface area (TPSA) is 55.4 Å². The van der Waals surface area contributed by atoms with Crippen molar-refractivity contribution < 1.29 is 18.7 Å². The molecule has 0 spiro atoms. The number of methoxy groups -OCH3 is 1. The van der Waals surface area contributed by atoms with E-state index in [1.807, 2.05) is 0 Å². The third-order valence-electron chi connectivity index (χ3n) is 2.19. The third-order valence-corrected chi connectivity index (χ3v) is 2.19. The lowest BCUT2D eigenvalue weighted by atomic mass is 10.2. The van der Waals surface area contributed by atoms with Crippen LogP contribution in [0.5, 0.6) is 0 Å². The molecule has 1 rings (SSSR count). The van der Waals surface area contributed by atoms with Crippen LogP contribution in [0.25, 0.3) is 6.08 Å². The Hall–Kier alpha value is -2.17. The fourth-order valence-electron chi connectivity index (χ4n) is 1.28. The van der Waals surface area contributed by atoms with E-state index >= 15 is 0 Å². The first-order chi connectivity index (χ1) is 8.52. The van der Waals surface area contributed by atoms with Gasteiger partial charge in [-0.2, -0.15) is 0 Å². The Labute approximate surface area is 104 Å². The molecule has 1 aromatic rings. The summed E-state index contributed by atoms with van der Waals surface area (Å²) in [6.45, 7) is 1.51. The van der Waals surface area contributed by atoms with E-state index in [1.165, 1.54) is 38.3 Å². The van der Waals surface area contributed by atoms with Gasteiger partial charge in [-0.1, -0.05) is 12.1 Å². The molecule has 0 saturated carbocycles. The molecule has 0 aliphatic rings. The Balaban J connectivity index is 2.57. The van der Waals surface area contributed by atoms with Crippen molar-refractivity contribution in [2.24, 2.45) is 0 Å². The SMILES string of the molecule is COC(=O)C(C)NC(=O)C=Cc1cccc(F)c1. The smallest absolute Gasteiger partial charge is 0.328 e. The van der Waals surface area contributed by atoms with Gasteiger partial charge in [0.1, 0.15) is 11.9 Å². The normalized spacial score (nSPS) is 12.2. The van der Waals surface area contributed by atoms with E-state index in [2.05, 4.69) is 10.1 Å². The van der Waals surface area contributed by atoms with E-state index in [4.69, 9.17) is 0 Å². The van der Waals surface area contributed by atoms with Crippen molar-refractivity contribution in [1.82, 2.24) is 5.32 Å². The first-order valence-electron chi connectivity index (χ1n) is 5.35. The van der Waals surface area contributed by atoms with Crippen molar-refractivity contribution in [3.05, 3.63) is 41.7 Å². The van der Waals surface area contributed by atoms with Gasteiger partial charge in [0, 0.05) is 6.08 Å². The van der Waals surface area contributed by atoms with Gasteiger partial charge in [0.25, 0.3) is 0 Å². The number of esters is 1. The molecule has 18 heavy (non-hydrogen) atoms. The average Bonchev–Trinajstić information content (AvgIpc) is 2.35. The van der Waals surface area contributed by atoms with Crippen LogP contribution in [0.4, 0.5) is 4.39 Å². The van der Waals surface area contributed by atoms with Gasteiger partial charge >= 0.3 is 5.97 Å². The molecule has 0 aliphatic carbocycles. The number of nitrogens with one attached hydrogen (secondary N) is 1. The molecule has 0 fully saturated rings. The van der Waals surface area contributed by atoms with Crippen LogP contribution in [0.15, 0.2) is 30.3 Å². The van der Waals surface area contributed by atoms with E-state index in [0.717, 1.165) is 0 Å². The Morgan fingerprint density at radius 3 is 2.78 bits per heavy atom. The van der Waals surface area contributed by atoms with Gasteiger partial charge in [-0.3, -0.25) is 4.79 Å². The summed E-state index contributed by atoms with van der Waals surface area (Å²) in [6.07, 6.45) is 2.69. The van der Waals surface area contributed by atoms with Gasteiger partial charge in [0.2, 0.25) is 5.91 Å². The summed E-state index contributed by atoms with van der Waals surface area (Å²) >= 11 is 0. The molecule has 0 bridgehead atoms. The predicted octanol–water partition coefficient (Wildman–Crippen LogP) is 1.52. The van der Waals surface area contributed by atoms with Gasteiger partial charge in [0.05, 0.1) is 7.11 Å². The van der Waals surface area contributed by atoms with Gasteiger partial charge < -0.3 is 10.1 Å². The lowest BCUT2D eigenvalue weighted by molar-refractivity contribution is -0.144. The molecule has 5 heteroatoms. The molecule has 0 saturated heterocycles. The summed E-state index contributed by atoms with van der Waals surface area (Å²) in [6, 6.07) is 5.10. The minimum Gasteiger partial charge on any atom is -0.467 e. The average molecular weight is 251 g/mol. The number of amides is 1. The molecule has 0 heterocycles. The molecule has 0 radical (unpaired) electrons. The van der Waals surface area contributed by atoms with Crippen LogP contribution >= 0.6 is 0 Å². The third kappa shape index (κ3) is 4.37. The Kier molecular flexibility index (Phi) is 5.05. The zero-order valence-electron chi connectivity index (χ0n) is 10.1. The summed E-state index contributed by atoms with van der Waals surface area (Å²) in [5.74, 6) is -1.35. The summed E-state index contributed by atoms with van der Waals surface area (Å²) in [5, 5.41) is 2.42. The number of benzene rings is 1. The first kappa shape index (κ1) is 13.9. The maximum atomic E-state index is 12.9. The van der Waals surface area contributed by atoms with Crippen molar-refractivity contribution in [2.45, 2.75) is 13.0 Å². The highest BCUT2D eigenvalue weighted by atomic mass is 19.1.